The number of hydrogen-bond donors (Lipinski definition) is 6. The summed E-state index contributed by atoms with van der Waals surface area (Å²) >= 11 is 0. The fourth-order valence-corrected chi connectivity index (χ4v) is 2.29. The van der Waals surface area contributed by atoms with Gasteiger partial charge in [0.15, 0.2) is 0 Å². The van der Waals surface area contributed by atoms with Crippen molar-refractivity contribution in [2.45, 2.75) is 0 Å². The molecule has 0 aromatic heterocycles. The Bertz CT molecular complexity index is 96.9. The molecule has 0 aromatic rings. The molecule has 0 spiro atoms. The summed E-state index contributed by atoms with van der Waals surface area (Å²) in [5.41, 5.74) is 0. The molecule has 0 amide bonds. The third-order valence-corrected chi connectivity index (χ3v) is 3.42. The van der Waals surface area contributed by atoms with Crippen molar-refractivity contribution in [1.82, 2.24) is 0 Å². The van der Waals surface area contributed by atoms with E-state index in [1.165, 1.54) is 0 Å². The second-order valence-corrected chi connectivity index (χ2v) is 5.43. The molecular weight excluding hydrogens is 1110 g/mol. The van der Waals surface area contributed by atoms with E-state index in [1.54, 1.807) is 0 Å². The molecule has 0 aliphatic carbocycles. The molecule has 12 nitrogen and oxygen atoms in total. The average molecular weight is 1130 g/mol. The van der Waals surface area contributed by atoms with Gasteiger partial charge in [-0.15, -0.1) is 0 Å². The first-order valence-electron chi connectivity index (χ1n) is 1.83. The van der Waals surface area contributed by atoms with E-state index in [9.17, 15) is 0 Å². The predicted molar refractivity (Wildman–Crippen MR) is 53.7 cm³/mol. The molecule has 0 unspecified atom stereocenters. The van der Waals surface area contributed by atoms with Crippen LogP contribution in [-0.4, -0.2) is 68.1 Å². The van der Waals surface area contributed by atoms with Crippen molar-refractivity contribution in [3.8, 4) is 0 Å². The van der Waals surface area contributed by atoms with Crippen LogP contribution in [0.1, 0.15) is 0 Å². The van der Waals surface area contributed by atoms with Crippen LogP contribution < -0.4 is 0 Å². The zero-order valence-corrected chi connectivity index (χ0v) is 34.8. The van der Waals surface area contributed by atoms with Crippen molar-refractivity contribution >= 4 is 15.9 Å². The van der Waals surface area contributed by atoms with Gasteiger partial charge >= 0.3 is 21.8 Å². The van der Waals surface area contributed by atoms with Gasteiger partial charge in [0.2, 0.25) is 0 Å². The summed E-state index contributed by atoms with van der Waals surface area (Å²) in [5, 5.41) is 0. The maximum atomic E-state index is 8.12. The molecule has 0 aliphatic rings. The molecule has 18 N–H and O–H groups in total. The molecule has 21 heavy (non-hydrogen) atoms. The second kappa shape index (κ2) is 46.7. The van der Waals surface area contributed by atoms with Gasteiger partial charge in [-0.3, -0.25) is 0 Å². The van der Waals surface area contributed by atoms with Crippen molar-refractivity contribution in [2.75, 3.05) is 5.90 Å². The third kappa shape index (κ3) is 95.0. The Labute approximate surface area is 322 Å². The van der Waals surface area contributed by atoms with Gasteiger partial charge in [0, 0.05) is 248 Å². The fourth-order valence-electron chi connectivity index (χ4n) is 0.255. The molecule has 20 heteroatoms. The molecule has 0 saturated heterocycles. The van der Waals surface area contributed by atoms with Crippen molar-refractivity contribution in [2.24, 2.45) is 0 Å². The maximum absolute atomic E-state index is 8.12. The van der Waals surface area contributed by atoms with Gasteiger partial charge in [0.1, 0.15) is 0 Å². The van der Waals surface area contributed by atoms with Crippen molar-refractivity contribution in [1.29, 1.82) is 0 Å². The SMILES string of the molecule is O.O.O.O.O.O.O[P+](O)(O)C[P+](O)(O)O.[Pr].[Pr].[Pr].[Pr].[Pr].[Pr]. The van der Waals surface area contributed by atoms with E-state index in [-0.39, 0.29) is 281 Å². The van der Waals surface area contributed by atoms with E-state index in [0.717, 1.165) is 0 Å². The van der Waals surface area contributed by atoms with Gasteiger partial charge in [-0.05, 0) is 0 Å². The smallest absolute Gasteiger partial charge is 0.412 e. The summed E-state index contributed by atoms with van der Waals surface area (Å²) in [6, 6.07) is 0. The standard InChI is InChI=1S/CH8O6P2.6H2O.6Pr/c2-8(3,4)1-9(5,6)7;;;;;;;;;;;;/h2-7H,1H2;6*1H2;;;;;;/q+2;;;;;;;;;;;;. The zero-order chi connectivity index (χ0) is 7.71. The normalized spacial score (nSPS) is 6.00. The summed E-state index contributed by atoms with van der Waals surface area (Å²) in [4.78, 5) is 48.7. The predicted octanol–water partition coefficient (Wildman–Crippen LogP) is -6.53. The summed E-state index contributed by atoms with van der Waals surface area (Å²) in [6.07, 6.45) is 0. The summed E-state index contributed by atoms with van der Waals surface area (Å²) in [6.45, 7) is 0. The largest absolute Gasteiger partial charge is 0.451 e. The van der Waals surface area contributed by atoms with Crippen LogP contribution in [0.4, 0.5) is 0 Å². The number of hydrogen-bond acceptors (Lipinski definition) is 6. The van der Waals surface area contributed by atoms with Crippen LogP contribution in [0.15, 0.2) is 0 Å². The molecule has 0 aromatic carbocycles. The molecule has 122 valence electrons. The maximum Gasteiger partial charge on any atom is 0.451 e. The quantitative estimate of drug-likeness (QED) is 0.146. The minimum Gasteiger partial charge on any atom is -0.412 e. The Balaban J connectivity index is -0.00000000485. The summed E-state index contributed by atoms with van der Waals surface area (Å²) in [5.74, 6) is -1.15. The number of rotatable bonds is 2. The van der Waals surface area contributed by atoms with Gasteiger partial charge in [0.25, 0.3) is 0 Å². The Kier molecular flexibility index (Phi) is 195. The molecule has 0 rings (SSSR count). The first-order valence-corrected chi connectivity index (χ1v) is 5.50. The summed E-state index contributed by atoms with van der Waals surface area (Å²) in [7, 11) is -8.48. The Morgan fingerprint density at radius 1 is 0.381 bits per heavy atom. The first kappa shape index (κ1) is 87.9. The Hall–Kier alpha value is 8.56. The minimum atomic E-state index is -4.24. The molecule has 0 aliphatic heterocycles. The van der Waals surface area contributed by atoms with Crippen LogP contribution in [0.2, 0.25) is 0 Å². The first-order chi connectivity index (χ1) is 3.71. The molecule has 0 bridgehead atoms. The van der Waals surface area contributed by atoms with Crippen LogP contribution in [0.5, 0.6) is 0 Å². The van der Waals surface area contributed by atoms with Crippen LogP contribution in [0.25, 0.3) is 0 Å². The topological polar surface area (TPSA) is 310 Å². The second-order valence-electron chi connectivity index (χ2n) is 1.53. The van der Waals surface area contributed by atoms with Crippen molar-refractivity contribution in [3.05, 3.63) is 0 Å². The minimum absolute atomic E-state index is 0. The third-order valence-electron chi connectivity index (χ3n) is 0.379. The van der Waals surface area contributed by atoms with Crippen molar-refractivity contribution < 1.29 is 310 Å². The van der Waals surface area contributed by atoms with Crippen LogP contribution in [0, 0.1) is 248 Å². The Morgan fingerprint density at radius 2 is 0.476 bits per heavy atom. The van der Waals surface area contributed by atoms with Gasteiger partial charge in [0.05, 0.1) is 0 Å². The van der Waals surface area contributed by atoms with Gasteiger partial charge in [-0.1, -0.05) is 0 Å². The monoisotopic (exact) mass is 1130 g/mol. The van der Waals surface area contributed by atoms with Gasteiger partial charge < -0.3 is 32.9 Å². The van der Waals surface area contributed by atoms with E-state index in [1.807, 2.05) is 0 Å². The van der Waals surface area contributed by atoms with E-state index in [4.69, 9.17) is 29.4 Å². The van der Waals surface area contributed by atoms with E-state index >= 15 is 0 Å². The molecule has 0 atom stereocenters. The molecule has 0 saturated carbocycles. The Morgan fingerprint density at radius 3 is 0.476 bits per heavy atom. The van der Waals surface area contributed by atoms with Gasteiger partial charge in [-0.25, -0.2) is 0 Å². The fraction of sp³-hybridized carbons (Fsp3) is 1.00. The van der Waals surface area contributed by atoms with Gasteiger partial charge in [-0.2, -0.15) is 29.4 Å². The van der Waals surface area contributed by atoms with Crippen LogP contribution in [0.3, 0.4) is 0 Å². The molecule has 6 radical (unpaired) electrons. The average Bonchev–Trinajstić information content (AvgIpc) is 1.14. The molecule has 0 heterocycles. The van der Waals surface area contributed by atoms with E-state index in [0.29, 0.717) is 0 Å². The summed E-state index contributed by atoms with van der Waals surface area (Å²) < 4.78 is 0. The van der Waals surface area contributed by atoms with Crippen LogP contribution >= 0.6 is 15.9 Å². The molecule has 0 fully saturated rings. The molecular formula is CH20O12P2Pr6+2. The van der Waals surface area contributed by atoms with Crippen molar-refractivity contribution in [3.63, 3.8) is 0 Å². The van der Waals surface area contributed by atoms with E-state index < -0.39 is 21.8 Å². The van der Waals surface area contributed by atoms with Crippen LogP contribution in [-0.2, 0) is 0 Å². The van der Waals surface area contributed by atoms with E-state index in [2.05, 4.69) is 0 Å². The zero-order valence-electron chi connectivity index (χ0n) is 10.7.